The number of benzene rings is 2. The van der Waals surface area contributed by atoms with Crippen molar-refractivity contribution in [2.75, 3.05) is 26.2 Å². The van der Waals surface area contributed by atoms with Crippen LogP contribution in [0.4, 0.5) is 0 Å². The summed E-state index contributed by atoms with van der Waals surface area (Å²) in [6.07, 6.45) is 6.46. The van der Waals surface area contributed by atoms with Crippen LogP contribution in [-0.2, 0) is 4.79 Å². The number of hydrogen-bond acceptors (Lipinski definition) is 3. The minimum absolute atomic E-state index is 0.198. The average Bonchev–Trinajstić information content (AvgIpc) is 2.78. The lowest BCUT2D eigenvalue weighted by Crippen LogP contribution is -2.34. The molecule has 4 nitrogen and oxygen atoms in total. The average molecular weight is 473 g/mol. The van der Waals surface area contributed by atoms with E-state index in [0.29, 0.717) is 28.3 Å². The Bertz CT molecular complexity index is 966. The van der Waals surface area contributed by atoms with Crippen LogP contribution in [0.2, 0.25) is 10.0 Å². The van der Waals surface area contributed by atoms with Crippen LogP contribution in [0.3, 0.4) is 0 Å². The fraction of sp³-hybridized carbons (Fsp3) is 0.346. The van der Waals surface area contributed by atoms with E-state index < -0.39 is 0 Å². The highest BCUT2D eigenvalue weighted by atomic mass is 35.5. The maximum absolute atomic E-state index is 11.8. The van der Waals surface area contributed by atoms with Gasteiger partial charge in [0.1, 0.15) is 5.75 Å². The first-order chi connectivity index (χ1) is 15.4. The van der Waals surface area contributed by atoms with Crippen LogP contribution in [0.25, 0.3) is 6.08 Å². The molecule has 0 saturated carbocycles. The summed E-state index contributed by atoms with van der Waals surface area (Å²) in [5.74, 6) is 1.12. The number of nitrogens with one attached hydrogen (secondary N) is 1. The first kappa shape index (κ1) is 24.4. The van der Waals surface area contributed by atoms with Crippen molar-refractivity contribution in [3.8, 4) is 5.75 Å². The summed E-state index contributed by atoms with van der Waals surface area (Å²) in [6, 6.07) is 13.7. The van der Waals surface area contributed by atoms with E-state index in [-0.39, 0.29) is 5.91 Å². The lowest BCUT2D eigenvalue weighted by molar-refractivity contribution is -0.115. The second kappa shape index (κ2) is 12.1. The van der Waals surface area contributed by atoms with Gasteiger partial charge in [-0.1, -0.05) is 54.0 Å². The van der Waals surface area contributed by atoms with E-state index in [2.05, 4.69) is 22.9 Å². The Hall–Kier alpha value is -2.27. The summed E-state index contributed by atoms with van der Waals surface area (Å²) in [5, 5.41) is 3.91. The summed E-state index contributed by atoms with van der Waals surface area (Å²) in [4.78, 5) is 14.3. The predicted octanol–water partition coefficient (Wildman–Crippen LogP) is 6.30. The highest BCUT2D eigenvalue weighted by Gasteiger charge is 2.20. The molecule has 0 spiro atoms. The minimum Gasteiger partial charge on any atom is -0.493 e. The Balaban J connectivity index is 1.41. The van der Waals surface area contributed by atoms with Crippen LogP contribution in [0.5, 0.6) is 5.75 Å². The van der Waals surface area contributed by atoms with Gasteiger partial charge in [0.25, 0.3) is 0 Å². The molecule has 1 aliphatic heterocycles. The number of hydrogen-bond donors (Lipinski definition) is 1. The fourth-order valence-electron chi connectivity index (χ4n) is 3.89. The number of ether oxygens (including phenoxy) is 1. The van der Waals surface area contributed by atoms with Crippen LogP contribution in [0, 0.1) is 0 Å². The van der Waals surface area contributed by atoms with Gasteiger partial charge < -0.3 is 15.0 Å². The van der Waals surface area contributed by atoms with Crippen molar-refractivity contribution >= 4 is 35.2 Å². The topological polar surface area (TPSA) is 41.6 Å². The number of halogens is 2. The number of carbonyl (C=O) groups excluding carboxylic acids is 1. The molecule has 2 aromatic rings. The molecule has 1 heterocycles. The van der Waals surface area contributed by atoms with Crippen molar-refractivity contribution < 1.29 is 9.53 Å². The third-order valence-corrected chi connectivity index (χ3v) is 6.29. The molecule has 2 aromatic carbocycles. The predicted molar refractivity (Wildman–Crippen MR) is 133 cm³/mol. The molecule has 1 fully saturated rings. The van der Waals surface area contributed by atoms with Crippen LogP contribution < -0.4 is 10.1 Å². The molecule has 6 heteroatoms. The lowest BCUT2D eigenvalue weighted by Gasteiger charge is -2.32. The lowest BCUT2D eigenvalue weighted by atomic mass is 9.89. The van der Waals surface area contributed by atoms with Crippen LogP contribution in [0.15, 0.2) is 60.8 Å². The highest BCUT2D eigenvalue weighted by molar-refractivity contribution is 6.42. The Morgan fingerprint density at radius 3 is 2.66 bits per heavy atom. The van der Waals surface area contributed by atoms with Gasteiger partial charge in [0, 0.05) is 23.9 Å². The molecular formula is C26H30Cl2N2O2. The third kappa shape index (κ3) is 7.40. The Labute approximate surface area is 200 Å². The molecule has 1 N–H and O–H groups in total. The molecule has 1 saturated heterocycles. The van der Waals surface area contributed by atoms with E-state index in [1.807, 2.05) is 36.4 Å². The molecular weight excluding hydrogens is 443 g/mol. The summed E-state index contributed by atoms with van der Waals surface area (Å²) >= 11 is 12.2. The zero-order valence-corrected chi connectivity index (χ0v) is 20.0. The van der Waals surface area contributed by atoms with Crippen LogP contribution in [-0.4, -0.2) is 37.0 Å². The van der Waals surface area contributed by atoms with Crippen molar-refractivity contribution in [2.24, 2.45) is 0 Å². The maximum atomic E-state index is 11.8. The molecule has 0 unspecified atom stereocenters. The molecule has 0 radical (unpaired) electrons. The van der Waals surface area contributed by atoms with Gasteiger partial charge in [-0.15, -0.1) is 0 Å². The molecule has 3 rings (SSSR count). The molecule has 0 aliphatic carbocycles. The van der Waals surface area contributed by atoms with Crippen molar-refractivity contribution in [3.63, 3.8) is 0 Å². The van der Waals surface area contributed by atoms with E-state index in [9.17, 15) is 4.79 Å². The number of piperidine rings is 1. The minimum atomic E-state index is -0.198. The van der Waals surface area contributed by atoms with Gasteiger partial charge in [-0.2, -0.15) is 0 Å². The van der Waals surface area contributed by atoms with Gasteiger partial charge in [0.2, 0.25) is 5.91 Å². The molecule has 0 aromatic heterocycles. The number of rotatable bonds is 9. The molecule has 0 atom stereocenters. The standard InChI is InChI=1S/C26H30Cl2N2O2/c1-19(2)29-26(31)11-9-21-6-3-4-7-25(21)32-17-5-14-30-15-12-20(13-16-30)22-8-10-23(27)24(28)18-22/h3-4,6-11,18,20H,1,5,12-17H2,2H3,(H,29,31)/b11-9+. The van der Waals surface area contributed by atoms with Crippen LogP contribution in [0.1, 0.15) is 43.2 Å². The monoisotopic (exact) mass is 472 g/mol. The molecule has 32 heavy (non-hydrogen) atoms. The number of nitrogens with zero attached hydrogens (tertiary/aromatic N) is 1. The number of allylic oxidation sites excluding steroid dienone is 1. The van der Waals surface area contributed by atoms with Gasteiger partial charge in [0.15, 0.2) is 0 Å². The van der Waals surface area contributed by atoms with Crippen molar-refractivity contribution in [1.82, 2.24) is 10.2 Å². The zero-order valence-electron chi connectivity index (χ0n) is 18.4. The van der Waals surface area contributed by atoms with Crippen molar-refractivity contribution in [2.45, 2.75) is 32.1 Å². The molecule has 0 bridgehead atoms. The van der Waals surface area contributed by atoms with Crippen molar-refractivity contribution in [1.29, 1.82) is 0 Å². The molecule has 170 valence electrons. The van der Waals surface area contributed by atoms with E-state index in [4.69, 9.17) is 27.9 Å². The number of para-hydroxylation sites is 1. The second-order valence-electron chi connectivity index (χ2n) is 8.13. The Morgan fingerprint density at radius 1 is 1.19 bits per heavy atom. The Kier molecular flexibility index (Phi) is 9.22. The third-order valence-electron chi connectivity index (χ3n) is 5.55. The van der Waals surface area contributed by atoms with Gasteiger partial charge in [-0.05, 0) is 75.0 Å². The SMILES string of the molecule is C=C(C)NC(=O)/C=C/c1ccccc1OCCCN1CCC(c2ccc(Cl)c(Cl)c2)CC1. The quantitative estimate of drug-likeness (QED) is 0.343. The Morgan fingerprint density at radius 2 is 1.94 bits per heavy atom. The van der Waals surface area contributed by atoms with Gasteiger partial charge in [-0.3, -0.25) is 4.79 Å². The van der Waals surface area contributed by atoms with E-state index in [1.165, 1.54) is 11.6 Å². The van der Waals surface area contributed by atoms with E-state index in [1.54, 1.807) is 13.0 Å². The number of carbonyl (C=O) groups is 1. The number of amides is 1. The largest absolute Gasteiger partial charge is 0.493 e. The number of likely N-dealkylation sites (tertiary alicyclic amines) is 1. The zero-order chi connectivity index (χ0) is 22.9. The van der Waals surface area contributed by atoms with E-state index in [0.717, 1.165) is 50.2 Å². The van der Waals surface area contributed by atoms with E-state index >= 15 is 0 Å². The normalized spacial score (nSPS) is 15.1. The summed E-state index contributed by atoms with van der Waals surface area (Å²) in [7, 11) is 0. The highest BCUT2D eigenvalue weighted by Crippen LogP contribution is 2.32. The second-order valence-corrected chi connectivity index (χ2v) is 8.95. The summed E-state index contributed by atoms with van der Waals surface area (Å²) in [6.45, 7) is 9.21. The van der Waals surface area contributed by atoms with Crippen molar-refractivity contribution in [3.05, 3.63) is 82.0 Å². The van der Waals surface area contributed by atoms with Gasteiger partial charge in [0.05, 0.1) is 16.7 Å². The summed E-state index contributed by atoms with van der Waals surface area (Å²) in [5.41, 5.74) is 2.78. The van der Waals surface area contributed by atoms with Gasteiger partial charge >= 0.3 is 0 Å². The fourth-order valence-corrected chi connectivity index (χ4v) is 4.20. The van der Waals surface area contributed by atoms with Gasteiger partial charge in [-0.25, -0.2) is 0 Å². The maximum Gasteiger partial charge on any atom is 0.248 e. The van der Waals surface area contributed by atoms with Crippen LogP contribution >= 0.6 is 23.2 Å². The smallest absolute Gasteiger partial charge is 0.248 e. The molecule has 1 aliphatic rings. The first-order valence-electron chi connectivity index (χ1n) is 11.0. The summed E-state index contributed by atoms with van der Waals surface area (Å²) < 4.78 is 6.00. The first-order valence-corrected chi connectivity index (χ1v) is 11.7. The molecule has 1 amide bonds.